The molecule has 0 nitrogen and oxygen atoms in total. The molecule has 0 radical (unpaired) electrons. The summed E-state index contributed by atoms with van der Waals surface area (Å²) in [5, 5.41) is 0. The van der Waals surface area contributed by atoms with Crippen molar-refractivity contribution < 1.29 is 16.3 Å². The van der Waals surface area contributed by atoms with Crippen molar-refractivity contribution in [3.63, 3.8) is 0 Å². The predicted octanol–water partition coefficient (Wildman–Crippen LogP) is 2.46. The molecule has 0 atom stereocenters. The van der Waals surface area contributed by atoms with E-state index in [-0.39, 0.29) is 0 Å². The zero-order valence-corrected chi connectivity index (χ0v) is 8.76. The zero-order valence-electron chi connectivity index (χ0n) is 4.21. The summed E-state index contributed by atoms with van der Waals surface area (Å²) < 4.78 is 0. The quantitative estimate of drug-likeness (QED) is 0.453. The van der Waals surface area contributed by atoms with Crippen molar-refractivity contribution in [2.24, 2.45) is 0 Å². The van der Waals surface area contributed by atoms with Crippen LogP contribution in [0.3, 0.4) is 0 Å². The maximum atomic E-state index is 3.60. The molecule has 0 fully saturated rings. The third-order valence-electron chi connectivity index (χ3n) is 0.354. The van der Waals surface area contributed by atoms with Crippen LogP contribution in [0.2, 0.25) is 0 Å². The van der Waals surface area contributed by atoms with Gasteiger partial charge in [0, 0.05) is 0 Å². The van der Waals surface area contributed by atoms with Crippen molar-refractivity contribution in [2.45, 2.75) is 19.8 Å². The van der Waals surface area contributed by atoms with E-state index in [1.807, 2.05) is 0 Å². The first-order valence-corrected chi connectivity index (χ1v) is 8.92. The molecule has 2 heteroatoms. The molecule has 6 heavy (non-hydrogen) atoms. The number of hydrogen-bond donors (Lipinski definition) is 0. The second-order valence-corrected chi connectivity index (χ2v) is 0.854. The monoisotopic (exact) mass is 200 g/mol. The maximum absolute atomic E-state index is 3.60. The molecule has 0 rings (SSSR count). The Bertz CT molecular complexity index is 9.51. The second kappa shape index (κ2) is 16.5. The number of halogens is 1. The molecule has 0 saturated heterocycles. The van der Waals surface area contributed by atoms with Crippen LogP contribution >= 0.6 is 13.6 Å². The fraction of sp³-hybridized carbons (Fsp3) is 0.750. The first kappa shape index (κ1) is 10.2. The van der Waals surface area contributed by atoms with Gasteiger partial charge in [-0.15, -0.1) is 0 Å². The molecule has 0 unspecified atom stereocenters. The van der Waals surface area contributed by atoms with Crippen LogP contribution in [0.4, 0.5) is 0 Å². The second-order valence-electron chi connectivity index (χ2n) is 0.854. The molecule has 0 N–H and O–H groups in total. The van der Waals surface area contributed by atoms with Gasteiger partial charge in [-0.3, -0.25) is 0 Å². The van der Waals surface area contributed by atoms with Crippen molar-refractivity contribution in [1.29, 1.82) is 0 Å². The molecule has 34 valence electrons. The standard InChI is InChI=1S/C4H9.BrH.Zn/c1-3-4-2;;/h1,3-4H2,2H3;1H;/q-1;;+2/p-1. The molecule has 0 amide bonds. The van der Waals surface area contributed by atoms with Crippen molar-refractivity contribution >= 4 is 13.6 Å². The fourth-order valence-electron chi connectivity index (χ4n) is 0. The van der Waals surface area contributed by atoms with Crippen LogP contribution < -0.4 is 0 Å². The summed E-state index contributed by atoms with van der Waals surface area (Å²) in [7, 11) is 0. The van der Waals surface area contributed by atoms with Gasteiger partial charge >= 0.3 is 30.0 Å². The van der Waals surface area contributed by atoms with Crippen LogP contribution in [0.5, 0.6) is 0 Å². The summed E-state index contributed by atoms with van der Waals surface area (Å²) in [6, 6.07) is 0. The Balaban J connectivity index is 0. The van der Waals surface area contributed by atoms with Gasteiger partial charge in [0.15, 0.2) is 0 Å². The van der Waals surface area contributed by atoms with Crippen LogP contribution in [-0.4, -0.2) is 0 Å². The third-order valence-corrected chi connectivity index (χ3v) is 0.354. The summed E-state index contributed by atoms with van der Waals surface area (Å²) >= 11 is 4.25. The van der Waals surface area contributed by atoms with Crippen LogP contribution in [0.1, 0.15) is 19.8 Å². The average Bonchev–Trinajstić information content (AvgIpc) is 1.72. The Labute approximate surface area is 56.7 Å². The van der Waals surface area contributed by atoms with Crippen molar-refractivity contribution in [2.75, 3.05) is 0 Å². The zero-order chi connectivity index (χ0) is 5.41. The molecule has 0 aromatic carbocycles. The van der Waals surface area contributed by atoms with Gasteiger partial charge in [0.05, 0.1) is 0 Å². The molecule has 0 aliphatic carbocycles. The van der Waals surface area contributed by atoms with Gasteiger partial charge in [-0.1, -0.05) is 13.3 Å². The molecule has 0 aromatic heterocycles. The summed E-state index contributed by atoms with van der Waals surface area (Å²) in [5.74, 6) is 0. The van der Waals surface area contributed by atoms with Crippen molar-refractivity contribution in [1.82, 2.24) is 0 Å². The van der Waals surface area contributed by atoms with Gasteiger partial charge in [0.25, 0.3) is 0 Å². The number of hydrogen-bond acceptors (Lipinski definition) is 0. The van der Waals surface area contributed by atoms with E-state index in [9.17, 15) is 0 Å². The molecule has 0 heterocycles. The number of unbranched alkanes of at least 4 members (excludes halogenated alkanes) is 1. The molecule has 0 saturated carbocycles. The van der Waals surface area contributed by atoms with E-state index in [0.29, 0.717) is 0 Å². The summed E-state index contributed by atoms with van der Waals surface area (Å²) in [6.45, 7) is 5.72. The van der Waals surface area contributed by atoms with Gasteiger partial charge < -0.3 is 6.92 Å². The molecule has 0 bridgehead atoms. The molecule has 0 aliphatic rings. The van der Waals surface area contributed by atoms with Crippen molar-refractivity contribution in [3.05, 3.63) is 6.92 Å². The molecular weight excluding hydrogens is 193 g/mol. The average molecular weight is 202 g/mol. The van der Waals surface area contributed by atoms with Gasteiger partial charge in [-0.25, -0.2) is 0 Å². The van der Waals surface area contributed by atoms with Gasteiger partial charge in [-0.05, 0) is 0 Å². The fourth-order valence-corrected chi connectivity index (χ4v) is 0. The van der Waals surface area contributed by atoms with Crippen LogP contribution in [0.15, 0.2) is 0 Å². The van der Waals surface area contributed by atoms with Gasteiger partial charge in [0.2, 0.25) is 0 Å². The Morgan fingerprint density at radius 3 is 1.83 bits per heavy atom. The van der Waals surface area contributed by atoms with Crippen molar-refractivity contribution in [3.8, 4) is 0 Å². The third kappa shape index (κ3) is 19.4. The Hall–Kier alpha value is 1.10. The minimum atomic E-state index is 1.07. The predicted molar refractivity (Wildman–Crippen MR) is 29.2 cm³/mol. The minimum absolute atomic E-state index is 1.07. The van der Waals surface area contributed by atoms with Crippen LogP contribution in [-0.2, 0) is 16.3 Å². The van der Waals surface area contributed by atoms with E-state index in [0.717, 1.165) is 6.42 Å². The van der Waals surface area contributed by atoms with E-state index in [1.54, 1.807) is 0 Å². The topological polar surface area (TPSA) is 0 Å². The van der Waals surface area contributed by atoms with E-state index >= 15 is 0 Å². The Kier molecular flexibility index (Phi) is 27.9. The Morgan fingerprint density at radius 1 is 1.67 bits per heavy atom. The summed E-state index contributed by atoms with van der Waals surface area (Å²) in [5.41, 5.74) is 0. The molecule has 0 spiro atoms. The SMILES string of the molecule is [CH2-]CCC.[Zn+][Br]. The Morgan fingerprint density at radius 2 is 1.83 bits per heavy atom. The van der Waals surface area contributed by atoms with E-state index in [4.69, 9.17) is 0 Å². The summed E-state index contributed by atoms with van der Waals surface area (Å²) in [4.78, 5) is 0. The molecule has 0 aromatic rings. The normalized spacial score (nSPS) is 6.17. The van der Waals surface area contributed by atoms with Crippen LogP contribution in [0.25, 0.3) is 0 Å². The molecule has 0 aliphatic heterocycles. The first-order valence-electron chi connectivity index (χ1n) is 1.97. The van der Waals surface area contributed by atoms with Gasteiger partial charge in [-0.2, -0.15) is 6.42 Å². The summed E-state index contributed by atoms with van der Waals surface area (Å²) in [6.07, 6.45) is 2.28. The van der Waals surface area contributed by atoms with E-state index in [2.05, 4.69) is 27.5 Å². The van der Waals surface area contributed by atoms with E-state index in [1.165, 1.54) is 22.8 Å². The number of rotatable bonds is 1. The van der Waals surface area contributed by atoms with Gasteiger partial charge in [0.1, 0.15) is 0 Å². The van der Waals surface area contributed by atoms with Crippen LogP contribution in [0, 0.1) is 6.92 Å². The molecular formula is C4H9BrZn. The van der Waals surface area contributed by atoms with E-state index < -0.39 is 0 Å². The first-order chi connectivity index (χ1) is 2.91.